The highest BCUT2D eigenvalue weighted by Crippen LogP contribution is 2.43. The molecule has 108 valence electrons. The largest absolute Gasteiger partial charge is 0.540 e. The van der Waals surface area contributed by atoms with E-state index >= 15 is 0 Å². The number of hydrogen-bond donors (Lipinski definition) is 0. The number of para-hydroxylation sites is 2. The van der Waals surface area contributed by atoms with Gasteiger partial charge in [-0.25, -0.2) is 0 Å². The van der Waals surface area contributed by atoms with E-state index in [1.54, 1.807) is 0 Å². The second-order valence-electron chi connectivity index (χ2n) is 5.96. The zero-order valence-corrected chi connectivity index (χ0v) is 13.0. The molecule has 0 spiro atoms. The van der Waals surface area contributed by atoms with E-state index in [0.717, 1.165) is 12.1 Å². The van der Waals surface area contributed by atoms with Crippen LogP contribution in [0.2, 0.25) is 6.32 Å². The Bertz CT molecular complexity index is 599. The smallest absolute Gasteiger partial charge is 0.482 e. The highest BCUT2D eigenvalue weighted by Gasteiger charge is 2.40. The van der Waals surface area contributed by atoms with Crippen LogP contribution in [0.15, 0.2) is 54.6 Å². The summed E-state index contributed by atoms with van der Waals surface area (Å²) >= 11 is 0. The predicted octanol–water partition coefficient (Wildman–Crippen LogP) is 4.79. The number of anilines is 1. The molecule has 3 rings (SSSR count). The number of hydrogen-bond acceptors (Lipinski definition) is 2. The lowest BCUT2D eigenvalue weighted by molar-refractivity contribution is 0.502. The molecule has 1 atom stereocenters. The van der Waals surface area contributed by atoms with Gasteiger partial charge in [0.25, 0.3) is 0 Å². The maximum atomic E-state index is 6.15. The van der Waals surface area contributed by atoms with Gasteiger partial charge in [-0.2, -0.15) is 0 Å². The number of nitrogens with zero attached hydrogens (tertiary/aromatic N) is 1. The minimum Gasteiger partial charge on any atom is -0.540 e. The van der Waals surface area contributed by atoms with E-state index in [0.29, 0.717) is 12.0 Å². The van der Waals surface area contributed by atoms with Crippen molar-refractivity contribution in [2.75, 3.05) is 4.81 Å². The SMILES string of the molecule is CCB1Oc2ccccc2N1C(c1ccccc1)C(C)C. The molecule has 0 fully saturated rings. The first-order valence-electron chi connectivity index (χ1n) is 7.81. The van der Waals surface area contributed by atoms with Crippen molar-refractivity contribution in [2.24, 2.45) is 5.92 Å². The van der Waals surface area contributed by atoms with Crippen LogP contribution in [0.3, 0.4) is 0 Å². The summed E-state index contributed by atoms with van der Waals surface area (Å²) in [6, 6.07) is 19.5. The van der Waals surface area contributed by atoms with E-state index in [4.69, 9.17) is 4.65 Å². The summed E-state index contributed by atoms with van der Waals surface area (Å²) in [5, 5.41) is 0. The van der Waals surface area contributed by atoms with Crippen LogP contribution in [0.5, 0.6) is 5.75 Å². The number of rotatable bonds is 4. The summed E-state index contributed by atoms with van der Waals surface area (Å²) in [5.74, 6) is 1.52. The van der Waals surface area contributed by atoms with E-state index in [2.05, 4.69) is 74.1 Å². The van der Waals surface area contributed by atoms with Crippen LogP contribution in [0, 0.1) is 5.92 Å². The van der Waals surface area contributed by atoms with Crippen LogP contribution in [0.4, 0.5) is 5.69 Å². The molecule has 3 heteroatoms. The third-order valence-corrected chi connectivity index (χ3v) is 4.14. The van der Waals surface area contributed by atoms with Crippen LogP contribution >= 0.6 is 0 Å². The molecule has 2 aromatic rings. The Kier molecular flexibility index (Phi) is 3.91. The van der Waals surface area contributed by atoms with Gasteiger partial charge in [0.2, 0.25) is 0 Å². The molecule has 0 saturated carbocycles. The third-order valence-electron chi connectivity index (χ3n) is 4.14. The molecule has 2 aromatic carbocycles. The van der Waals surface area contributed by atoms with Gasteiger partial charge in [-0.1, -0.05) is 63.2 Å². The van der Waals surface area contributed by atoms with E-state index in [-0.39, 0.29) is 7.05 Å². The standard InChI is InChI=1S/C18H22BNO/c1-4-19-20(16-12-8-9-13-17(16)21-19)18(14(2)3)15-10-6-5-7-11-15/h5-14,18H,4H2,1-3H3. The van der Waals surface area contributed by atoms with Crippen molar-refractivity contribution in [1.29, 1.82) is 0 Å². The summed E-state index contributed by atoms with van der Waals surface area (Å²) in [7, 11) is 0.120. The van der Waals surface area contributed by atoms with Gasteiger partial charge in [-0.05, 0) is 29.9 Å². The fourth-order valence-corrected chi connectivity index (χ4v) is 3.25. The first-order chi connectivity index (χ1) is 10.2. The van der Waals surface area contributed by atoms with Gasteiger partial charge >= 0.3 is 7.05 Å². The van der Waals surface area contributed by atoms with Crippen molar-refractivity contribution in [3.05, 3.63) is 60.2 Å². The Morgan fingerprint density at radius 2 is 1.67 bits per heavy atom. The molecule has 1 aliphatic heterocycles. The highest BCUT2D eigenvalue weighted by molar-refractivity contribution is 6.59. The number of fused-ring (bicyclic) bond motifs is 1. The Hall–Kier alpha value is -1.90. The highest BCUT2D eigenvalue weighted by atomic mass is 16.5. The van der Waals surface area contributed by atoms with Crippen molar-refractivity contribution in [1.82, 2.24) is 0 Å². The molecule has 0 bridgehead atoms. The molecule has 0 aromatic heterocycles. The molecule has 21 heavy (non-hydrogen) atoms. The lowest BCUT2D eigenvalue weighted by atomic mass is 9.74. The molecule has 1 aliphatic rings. The first-order valence-corrected chi connectivity index (χ1v) is 7.81. The maximum absolute atomic E-state index is 6.15. The minimum absolute atomic E-state index is 0.120. The van der Waals surface area contributed by atoms with Gasteiger partial charge in [0.1, 0.15) is 5.75 Å². The molecular formula is C18H22BNO. The first kappa shape index (κ1) is 14.1. The summed E-state index contributed by atoms with van der Waals surface area (Å²) in [6.45, 7) is 6.75. The average Bonchev–Trinajstić information content (AvgIpc) is 2.87. The number of benzene rings is 2. The fraction of sp³-hybridized carbons (Fsp3) is 0.333. The second kappa shape index (κ2) is 5.84. The zero-order chi connectivity index (χ0) is 14.8. The normalized spacial score (nSPS) is 15.0. The van der Waals surface area contributed by atoms with E-state index in [9.17, 15) is 0 Å². The quantitative estimate of drug-likeness (QED) is 0.746. The van der Waals surface area contributed by atoms with Crippen molar-refractivity contribution in [3.8, 4) is 5.75 Å². The molecule has 1 unspecified atom stereocenters. The lowest BCUT2D eigenvalue weighted by Crippen LogP contribution is -2.43. The summed E-state index contributed by atoms with van der Waals surface area (Å²) < 4.78 is 6.15. The fourth-order valence-electron chi connectivity index (χ4n) is 3.25. The maximum Gasteiger partial charge on any atom is 0.482 e. The van der Waals surface area contributed by atoms with Gasteiger partial charge in [0.05, 0.1) is 5.69 Å². The van der Waals surface area contributed by atoms with Gasteiger partial charge in [0.15, 0.2) is 0 Å². The van der Waals surface area contributed by atoms with Gasteiger partial charge in [0, 0.05) is 6.04 Å². The Morgan fingerprint density at radius 1 is 1.00 bits per heavy atom. The van der Waals surface area contributed by atoms with Crippen molar-refractivity contribution in [3.63, 3.8) is 0 Å². The zero-order valence-electron chi connectivity index (χ0n) is 13.0. The van der Waals surface area contributed by atoms with Gasteiger partial charge < -0.3 is 9.47 Å². The van der Waals surface area contributed by atoms with Crippen molar-refractivity contribution >= 4 is 12.7 Å². The van der Waals surface area contributed by atoms with E-state index in [1.807, 2.05) is 6.07 Å². The molecule has 0 N–H and O–H groups in total. The second-order valence-corrected chi connectivity index (χ2v) is 5.96. The van der Waals surface area contributed by atoms with Crippen LogP contribution < -0.4 is 9.47 Å². The molecule has 1 heterocycles. The van der Waals surface area contributed by atoms with Crippen molar-refractivity contribution < 1.29 is 4.65 Å². The average molecular weight is 279 g/mol. The summed E-state index contributed by atoms with van der Waals surface area (Å²) in [6.07, 6.45) is 0.977. The van der Waals surface area contributed by atoms with Gasteiger partial charge in [-0.3, -0.25) is 0 Å². The molecule has 2 nitrogen and oxygen atoms in total. The summed E-state index contributed by atoms with van der Waals surface area (Å²) in [4.78, 5) is 2.45. The monoisotopic (exact) mass is 279 g/mol. The summed E-state index contributed by atoms with van der Waals surface area (Å²) in [5.41, 5.74) is 2.57. The minimum atomic E-state index is 0.120. The van der Waals surface area contributed by atoms with Crippen LogP contribution in [-0.2, 0) is 0 Å². The van der Waals surface area contributed by atoms with Crippen LogP contribution in [0.25, 0.3) is 0 Å². The van der Waals surface area contributed by atoms with Crippen LogP contribution in [-0.4, -0.2) is 7.05 Å². The van der Waals surface area contributed by atoms with Crippen molar-refractivity contribution in [2.45, 2.75) is 33.1 Å². The Labute approximate surface area is 127 Å². The van der Waals surface area contributed by atoms with Crippen LogP contribution in [0.1, 0.15) is 32.4 Å². The molecule has 0 saturated heterocycles. The lowest BCUT2D eigenvalue weighted by Gasteiger charge is -2.35. The predicted molar refractivity (Wildman–Crippen MR) is 89.8 cm³/mol. The van der Waals surface area contributed by atoms with E-state index in [1.165, 1.54) is 11.3 Å². The molecular weight excluding hydrogens is 257 g/mol. The van der Waals surface area contributed by atoms with E-state index < -0.39 is 0 Å². The molecule has 0 aliphatic carbocycles. The van der Waals surface area contributed by atoms with Gasteiger partial charge in [-0.15, -0.1) is 0 Å². The third kappa shape index (κ3) is 2.53. The Morgan fingerprint density at radius 3 is 2.33 bits per heavy atom. The topological polar surface area (TPSA) is 12.5 Å². The molecule has 0 radical (unpaired) electrons. The Balaban J connectivity index is 2.06. The molecule has 0 amide bonds.